The van der Waals surface area contributed by atoms with Gasteiger partial charge in [0.2, 0.25) is 0 Å². The van der Waals surface area contributed by atoms with Crippen LogP contribution in [0.4, 0.5) is 0 Å². The number of carbonyl (C=O) groups excluding carboxylic acids is 2. The Bertz CT molecular complexity index is 103. The molecule has 1 N–H and O–H groups in total. The molecule has 0 aliphatic carbocycles. The van der Waals surface area contributed by atoms with Crippen molar-refractivity contribution >= 4 is 67.0 Å². The Hall–Kier alpha value is 0.692. The van der Waals surface area contributed by atoms with Gasteiger partial charge in [0.25, 0.3) is 0 Å². The maximum absolute atomic E-state index is 9.01. The SMILES string of the molecule is CC(=O)[O-].O=C([O-])CO.[Al+3].[Ca+2]. The van der Waals surface area contributed by atoms with E-state index in [0.29, 0.717) is 0 Å². The summed E-state index contributed by atoms with van der Waals surface area (Å²) < 4.78 is 0. The van der Waals surface area contributed by atoms with E-state index in [1.807, 2.05) is 0 Å². The molecular formula is C4H6AlCaO5+3. The Balaban J connectivity index is -0.0000000383. The van der Waals surface area contributed by atoms with E-state index in [9.17, 15) is 0 Å². The molecule has 0 amide bonds. The van der Waals surface area contributed by atoms with E-state index < -0.39 is 18.5 Å². The average molecular weight is 201 g/mol. The summed E-state index contributed by atoms with van der Waals surface area (Å²) in [6, 6.07) is 0. The molecule has 0 heterocycles. The number of aliphatic hydroxyl groups is 1. The molecule has 0 spiro atoms. The summed E-state index contributed by atoms with van der Waals surface area (Å²) in [5.41, 5.74) is 0. The van der Waals surface area contributed by atoms with Crippen LogP contribution in [0.3, 0.4) is 0 Å². The van der Waals surface area contributed by atoms with Gasteiger partial charge in [0.1, 0.15) is 0 Å². The first-order valence-electron chi connectivity index (χ1n) is 1.99. The summed E-state index contributed by atoms with van der Waals surface area (Å²) in [6.07, 6.45) is 0. The first kappa shape index (κ1) is 22.6. The Morgan fingerprint density at radius 3 is 1.45 bits per heavy atom. The van der Waals surface area contributed by atoms with Crippen LogP contribution in [0.2, 0.25) is 0 Å². The predicted molar refractivity (Wildman–Crippen MR) is 34.3 cm³/mol. The number of hydrogen-bond acceptors (Lipinski definition) is 5. The average Bonchev–Trinajstić information content (AvgIpc) is 1.65. The van der Waals surface area contributed by atoms with E-state index >= 15 is 0 Å². The van der Waals surface area contributed by atoms with Crippen molar-refractivity contribution in [1.82, 2.24) is 0 Å². The number of carbonyl (C=O) groups is 2. The standard InChI is InChI=1S/C2H4O3.C2H4O2.Al.Ca/c3-1-2(4)5;1-2(3)4;;/h3H,1H2,(H,4,5);1H3,(H,3,4);;/q;;+3;+2/p-2. The Morgan fingerprint density at radius 2 is 1.45 bits per heavy atom. The predicted octanol–water partition coefficient (Wildman–Crippen LogP) is -4.28. The molecule has 0 saturated heterocycles. The number of carboxylic acids is 2. The van der Waals surface area contributed by atoms with E-state index in [4.69, 9.17) is 24.9 Å². The minimum absolute atomic E-state index is 0. The van der Waals surface area contributed by atoms with Crippen LogP contribution in [0.25, 0.3) is 0 Å². The number of rotatable bonds is 1. The largest absolute Gasteiger partial charge is 3.00 e. The fourth-order valence-corrected chi connectivity index (χ4v) is 0. The molecule has 11 heavy (non-hydrogen) atoms. The topological polar surface area (TPSA) is 100 Å². The van der Waals surface area contributed by atoms with Crippen molar-refractivity contribution in [1.29, 1.82) is 0 Å². The Labute approximate surface area is 105 Å². The summed E-state index contributed by atoms with van der Waals surface area (Å²) in [5, 5.41) is 25.4. The van der Waals surface area contributed by atoms with Crippen molar-refractivity contribution in [3.8, 4) is 0 Å². The van der Waals surface area contributed by atoms with Crippen LogP contribution in [0.15, 0.2) is 0 Å². The maximum atomic E-state index is 9.01. The van der Waals surface area contributed by atoms with Gasteiger partial charge in [-0.2, -0.15) is 0 Å². The molecule has 5 nitrogen and oxygen atoms in total. The zero-order valence-corrected chi connectivity index (χ0v) is 9.43. The summed E-state index contributed by atoms with van der Waals surface area (Å²) in [6.45, 7) is 0.0833. The van der Waals surface area contributed by atoms with Gasteiger partial charge < -0.3 is 24.9 Å². The van der Waals surface area contributed by atoms with Crippen molar-refractivity contribution in [2.45, 2.75) is 6.92 Å². The van der Waals surface area contributed by atoms with Crippen LogP contribution in [-0.4, -0.2) is 78.8 Å². The molecule has 0 rings (SSSR count). The van der Waals surface area contributed by atoms with E-state index in [-0.39, 0.29) is 55.1 Å². The Kier molecular flexibility index (Phi) is 34.9. The molecule has 0 aliphatic heterocycles. The van der Waals surface area contributed by atoms with Gasteiger partial charge in [-0.1, -0.05) is 0 Å². The van der Waals surface area contributed by atoms with Crippen molar-refractivity contribution in [2.75, 3.05) is 6.61 Å². The Morgan fingerprint density at radius 1 is 1.36 bits per heavy atom. The zero-order valence-electron chi connectivity index (χ0n) is 6.07. The molecule has 0 aromatic carbocycles. The molecule has 0 bridgehead atoms. The molecule has 0 unspecified atom stereocenters. The molecule has 0 radical (unpaired) electrons. The third-order valence-corrected chi connectivity index (χ3v) is 0.129. The third-order valence-electron chi connectivity index (χ3n) is 0.129. The summed E-state index contributed by atoms with van der Waals surface area (Å²) in [4.78, 5) is 17.9. The fourth-order valence-electron chi connectivity index (χ4n) is 0. The minimum Gasteiger partial charge on any atom is -0.550 e. The van der Waals surface area contributed by atoms with Crippen LogP contribution in [0.1, 0.15) is 6.92 Å². The van der Waals surface area contributed by atoms with Crippen molar-refractivity contribution in [3.05, 3.63) is 0 Å². The summed E-state index contributed by atoms with van der Waals surface area (Å²) in [5.74, 6) is -2.52. The third kappa shape index (κ3) is 111. The molecule has 0 saturated carbocycles. The first-order valence-corrected chi connectivity index (χ1v) is 1.99. The van der Waals surface area contributed by atoms with E-state index in [1.165, 1.54) is 0 Å². The second kappa shape index (κ2) is 17.0. The summed E-state index contributed by atoms with van der Waals surface area (Å²) in [7, 11) is 0. The molecule has 0 aliphatic rings. The van der Waals surface area contributed by atoms with Gasteiger partial charge in [-0.25, -0.2) is 0 Å². The molecule has 0 aromatic heterocycles. The molecular weight excluding hydrogens is 195 g/mol. The quantitative estimate of drug-likeness (QED) is 0.433. The molecule has 54 valence electrons. The van der Waals surface area contributed by atoms with Gasteiger partial charge in [0.05, 0.1) is 12.6 Å². The fraction of sp³-hybridized carbons (Fsp3) is 0.500. The van der Waals surface area contributed by atoms with Crippen LogP contribution in [0, 0.1) is 0 Å². The van der Waals surface area contributed by atoms with Gasteiger partial charge in [0.15, 0.2) is 0 Å². The van der Waals surface area contributed by atoms with E-state index in [1.54, 1.807) is 0 Å². The van der Waals surface area contributed by atoms with Gasteiger partial charge in [-0.15, -0.1) is 0 Å². The van der Waals surface area contributed by atoms with Crippen molar-refractivity contribution in [2.24, 2.45) is 0 Å². The zero-order chi connectivity index (χ0) is 7.86. The maximum Gasteiger partial charge on any atom is 3.00 e. The van der Waals surface area contributed by atoms with Crippen LogP contribution in [-0.2, 0) is 9.59 Å². The summed E-state index contributed by atoms with van der Waals surface area (Å²) >= 11 is 0. The molecule has 0 aromatic rings. The van der Waals surface area contributed by atoms with Gasteiger partial charge >= 0.3 is 55.1 Å². The van der Waals surface area contributed by atoms with Crippen LogP contribution >= 0.6 is 0 Å². The number of carboxylic acid groups (broad SMARTS) is 2. The second-order valence-electron chi connectivity index (χ2n) is 1.02. The van der Waals surface area contributed by atoms with Crippen molar-refractivity contribution in [3.63, 3.8) is 0 Å². The molecule has 0 fully saturated rings. The first-order chi connectivity index (χ1) is 4.00. The van der Waals surface area contributed by atoms with Gasteiger partial charge in [-0.3, -0.25) is 0 Å². The smallest absolute Gasteiger partial charge is 0.550 e. The van der Waals surface area contributed by atoms with E-state index in [2.05, 4.69) is 0 Å². The van der Waals surface area contributed by atoms with Crippen LogP contribution < -0.4 is 10.2 Å². The number of aliphatic hydroxyl groups excluding tert-OH is 1. The number of hydrogen-bond donors (Lipinski definition) is 1. The normalized spacial score (nSPS) is 5.64. The molecule has 7 heteroatoms. The van der Waals surface area contributed by atoms with Gasteiger partial charge in [-0.05, 0) is 6.92 Å². The van der Waals surface area contributed by atoms with Crippen molar-refractivity contribution < 1.29 is 24.9 Å². The second-order valence-corrected chi connectivity index (χ2v) is 1.02. The minimum atomic E-state index is -1.44. The number of aliphatic carboxylic acids is 2. The van der Waals surface area contributed by atoms with Crippen LogP contribution in [0.5, 0.6) is 0 Å². The molecule has 0 atom stereocenters. The van der Waals surface area contributed by atoms with Gasteiger partial charge in [0, 0.05) is 5.97 Å². The monoisotopic (exact) mass is 201 g/mol. The van der Waals surface area contributed by atoms with E-state index in [0.717, 1.165) is 6.92 Å².